The average Bonchev–Trinajstić information content (AvgIpc) is 2.35. The molecule has 2 nitrogen and oxygen atoms in total. The Labute approximate surface area is 121 Å². The number of rotatable bonds is 6. The van der Waals surface area contributed by atoms with Gasteiger partial charge < -0.3 is 5.32 Å². The van der Waals surface area contributed by atoms with E-state index in [1.165, 1.54) is 0 Å². The number of amides is 1. The second kappa shape index (κ2) is 7.54. The van der Waals surface area contributed by atoms with Crippen molar-refractivity contribution in [2.75, 3.05) is 5.88 Å². The molecule has 19 heavy (non-hydrogen) atoms. The Bertz CT molecular complexity index is 383. The van der Waals surface area contributed by atoms with E-state index in [0.717, 1.165) is 18.4 Å². The van der Waals surface area contributed by atoms with Crippen molar-refractivity contribution in [1.82, 2.24) is 5.32 Å². The minimum atomic E-state index is 0.0732. The smallest absolute Gasteiger partial charge is 0.220 e. The number of carbonyl (C=O) groups excluding carboxylic acids is 1. The van der Waals surface area contributed by atoms with Crippen LogP contribution in [0.5, 0.6) is 0 Å². The second-order valence-electron chi connectivity index (χ2n) is 6.09. The molecule has 0 radical (unpaired) electrons. The topological polar surface area (TPSA) is 29.1 Å². The summed E-state index contributed by atoms with van der Waals surface area (Å²) in [5.74, 6) is 0.613. The Hall–Kier alpha value is -1.02. The van der Waals surface area contributed by atoms with Gasteiger partial charge in [-0.25, -0.2) is 0 Å². The maximum atomic E-state index is 11.9. The van der Waals surface area contributed by atoms with Crippen LogP contribution in [0.25, 0.3) is 0 Å². The van der Waals surface area contributed by atoms with E-state index in [-0.39, 0.29) is 17.4 Å². The van der Waals surface area contributed by atoms with Crippen LogP contribution >= 0.6 is 11.6 Å². The molecule has 1 rings (SSSR count). The molecule has 0 aliphatic heterocycles. The fourth-order valence-electron chi connectivity index (χ4n) is 2.04. The molecule has 0 aliphatic rings. The summed E-state index contributed by atoms with van der Waals surface area (Å²) in [6.07, 6.45) is 2.14. The summed E-state index contributed by atoms with van der Waals surface area (Å²) in [6, 6.07) is 10.2. The van der Waals surface area contributed by atoms with Crippen LogP contribution in [-0.2, 0) is 4.79 Å². The van der Waals surface area contributed by atoms with Crippen molar-refractivity contribution in [3.05, 3.63) is 35.9 Å². The van der Waals surface area contributed by atoms with Crippen LogP contribution in [0, 0.1) is 5.41 Å². The van der Waals surface area contributed by atoms with E-state index in [9.17, 15) is 4.79 Å². The number of alkyl halides is 1. The number of nitrogens with one attached hydrogen (secondary N) is 1. The largest absolute Gasteiger partial charge is 0.349 e. The molecule has 1 atom stereocenters. The summed E-state index contributed by atoms with van der Waals surface area (Å²) >= 11 is 5.63. The first-order chi connectivity index (χ1) is 8.92. The summed E-state index contributed by atoms with van der Waals surface area (Å²) in [5.41, 5.74) is 1.33. The highest BCUT2D eigenvalue weighted by molar-refractivity contribution is 6.17. The molecule has 0 heterocycles. The van der Waals surface area contributed by atoms with Crippen molar-refractivity contribution in [2.45, 2.75) is 46.1 Å². The van der Waals surface area contributed by atoms with Crippen molar-refractivity contribution in [3.8, 4) is 0 Å². The molecular weight excluding hydrogens is 258 g/mol. The van der Waals surface area contributed by atoms with Gasteiger partial charge in [0.05, 0.1) is 6.04 Å². The molecular formula is C16H24ClNO. The zero-order valence-electron chi connectivity index (χ0n) is 12.1. The third-order valence-corrected chi connectivity index (χ3v) is 3.16. The van der Waals surface area contributed by atoms with E-state index in [1.807, 2.05) is 18.2 Å². The van der Waals surface area contributed by atoms with Crippen LogP contribution in [0.2, 0.25) is 0 Å². The van der Waals surface area contributed by atoms with Gasteiger partial charge in [-0.1, -0.05) is 51.1 Å². The summed E-state index contributed by atoms with van der Waals surface area (Å²) in [7, 11) is 0. The number of benzene rings is 1. The molecule has 0 spiro atoms. The molecule has 1 unspecified atom stereocenters. The van der Waals surface area contributed by atoms with Crippen LogP contribution in [0.1, 0.15) is 51.6 Å². The molecule has 1 aromatic rings. The van der Waals surface area contributed by atoms with Gasteiger partial charge in [-0.2, -0.15) is 0 Å². The number of carbonyl (C=O) groups is 1. The lowest BCUT2D eigenvalue weighted by Gasteiger charge is -2.27. The lowest BCUT2D eigenvalue weighted by molar-refractivity contribution is -0.122. The van der Waals surface area contributed by atoms with E-state index in [2.05, 4.69) is 38.2 Å². The minimum absolute atomic E-state index is 0.0732. The lowest BCUT2D eigenvalue weighted by Crippen LogP contribution is -2.31. The Morgan fingerprint density at radius 2 is 1.89 bits per heavy atom. The summed E-state index contributed by atoms with van der Waals surface area (Å²) < 4.78 is 0. The third-order valence-electron chi connectivity index (χ3n) is 2.89. The van der Waals surface area contributed by atoms with E-state index < -0.39 is 0 Å². The van der Waals surface area contributed by atoms with E-state index in [4.69, 9.17) is 11.6 Å². The van der Waals surface area contributed by atoms with Crippen molar-refractivity contribution >= 4 is 17.5 Å². The van der Waals surface area contributed by atoms with E-state index in [1.54, 1.807) is 0 Å². The maximum Gasteiger partial charge on any atom is 0.220 e. The van der Waals surface area contributed by atoms with E-state index in [0.29, 0.717) is 12.3 Å². The molecule has 106 valence electrons. The van der Waals surface area contributed by atoms with Gasteiger partial charge in [0.15, 0.2) is 0 Å². The van der Waals surface area contributed by atoms with Gasteiger partial charge in [0.25, 0.3) is 0 Å². The van der Waals surface area contributed by atoms with Gasteiger partial charge in [0.1, 0.15) is 0 Å². The van der Waals surface area contributed by atoms with Gasteiger partial charge in [0.2, 0.25) is 5.91 Å². The molecule has 0 aliphatic carbocycles. The fraction of sp³-hybridized carbons (Fsp3) is 0.562. The molecule has 1 amide bonds. The Morgan fingerprint density at radius 3 is 2.42 bits per heavy atom. The number of hydrogen-bond donors (Lipinski definition) is 1. The van der Waals surface area contributed by atoms with Crippen LogP contribution in [-0.4, -0.2) is 11.8 Å². The Morgan fingerprint density at radius 1 is 1.26 bits per heavy atom. The molecule has 0 saturated heterocycles. The standard InChI is InChI=1S/C16H24ClNO/c1-16(2,3)12-14(13-8-5-4-6-9-13)18-15(19)10-7-11-17/h4-6,8-9,14H,7,10-12H2,1-3H3,(H,18,19). The van der Waals surface area contributed by atoms with Crippen molar-refractivity contribution in [1.29, 1.82) is 0 Å². The minimum Gasteiger partial charge on any atom is -0.349 e. The monoisotopic (exact) mass is 281 g/mol. The average molecular weight is 282 g/mol. The SMILES string of the molecule is CC(C)(C)CC(NC(=O)CCCCl)c1ccccc1. The Kier molecular flexibility index (Phi) is 6.36. The first-order valence-corrected chi connectivity index (χ1v) is 7.36. The van der Waals surface area contributed by atoms with Gasteiger partial charge >= 0.3 is 0 Å². The highest BCUT2D eigenvalue weighted by atomic mass is 35.5. The normalized spacial score (nSPS) is 13.1. The quantitative estimate of drug-likeness (QED) is 0.774. The molecule has 0 fully saturated rings. The van der Waals surface area contributed by atoms with Gasteiger partial charge in [-0.15, -0.1) is 11.6 Å². The van der Waals surface area contributed by atoms with Crippen LogP contribution < -0.4 is 5.32 Å². The fourth-order valence-corrected chi connectivity index (χ4v) is 2.18. The highest BCUT2D eigenvalue weighted by Gasteiger charge is 2.21. The molecule has 1 N–H and O–H groups in total. The highest BCUT2D eigenvalue weighted by Crippen LogP contribution is 2.29. The predicted molar refractivity (Wildman–Crippen MR) is 81.4 cm³/mol. The first kappa shape index (κ1) is 16.0. The Balaban J connectivity index is 2.73. The predicted octanol–water partition coefficient (Wildman–Crippen LogP) is 4.30. The second-order valence-corrected chi connectivity index (χ2v) is 6.47. The third kappa shape index (κ3) is 6.63. The van der Waals surface area contributed by atoms with Crippen LogP contribution in [0.15, 0.2) is 30.3 Å². The molecule has 0 saturated carbocycles. The molecule has 1 aromatic carbocycles. The molecule has 3 heteroatoms. The van der Waals surface area contributed by atoms with Crippen molar-refractivity contribution in [2.24, 2.45) is 5.41 Å². The lowest BCUT2D eigenvalue weighted by atomic mass is 9.85. The number of halogens is 1. The van der Waals surface area contributed by atoms with E-state index >= 15 is 0 Å². The van der Waals surface area contributed by atoms with Crippen LogP contribution in [0.4, 0.5) is 0 Å². The van der Waals surface area contributed by atoms with Crippen LogP contribution in [0.3, 0.4) is 0 Å². The zero-order chi connectivity index (χ0) is 14.3. The zero-order valence-corrected chi connectivity index (χ0v) is 12.8. The number of hydrogen-bond acceptors (Lipinski definition) is 1. The molecule has 0 bridgehead atoms. The van der Waals surface area contributed by atoms with Crippen molar-refractivity contribution in [3.63, 3.8) is 0 Å². The summed E-state index contributed by atoms with van der Waals surface area (Å²) in [6.45, 7) is 6.57. The van der Waals surface area contributed by atoms with Crippen molar-refractivity contribution < 1.29 is 4.79 Å². The molecule has 0 aromatic heterocycles. The summed E-state index contributed by atoms with van der Waals surface area (Å²) in [4.78, 5) is 11.9. The first-order valence-electron chi connectivity index (χ1n) is 6.82. The maximum absolute atomic E-state index is 11.9. The van der Waals surface area contributed by atoms with Gasteiger partial charge in [0, 0.05) is 12.3 Å². The summed E-state index contributed by atoms with van der Waals surface area (Å²) in [5, 5.41) is 3.13. The van der Waals surface area contributed by atoms with Gasteiger partial charge in [-0.05, 0) is 23.8 Å². The van der Waals surface area contributed by atoms with Gasteiger partial charge in [-0.3, -0.25) is 4.79 Å².